The molecule has 0 aliphatic rings. The van der Waals surface area contributed by atoms with Gasteiger partial charge in [-0.1, -0.05) is 43.0 Å². The van der Waals surface area contributed by atoms with E-state index >= 15 is 0 Å². The maximum atomic E-state index is 6.16. The first-order valence-electron chi connectivity index (χ1n) is 7.40. The van der Waals surface area contributed by atoms with Crippen LogP contribution in [0, 0.1) is 6.92 Å². The van der Waals surface area contributed by atoms with Gasteiger partial charge in [0, 0.05) is 17.6 Å². The van der Waals surface area contributed by atoms with Crippen molar-refractivity contribution in [3.63, 3.8) is 0 Å². The molecule has 4 nitrogen and oxygen atoms in total. The number of nitrogens with one attached hydrogen (secondary N) is 2. The highest BCUT2D eigenvalue weighted by molar-refractivity contribution is 6.35. The number of aromatic nitrogens is 2. The van der Waals surface area contributed by atoms with Gasteiger partial charge in [0.05, 0.1) is 10.7 Å². The molecule has 0 spiro atoms. The number of benzene rings is 1. The van der Waals surface area contributed by atoms with E-state index in [1.54, 1.807) is 18.2 Å². The molecule has 0 radical (unpaired) electrons. The first-order chi connectivity index (χ1) is 10.6. The van der Waals surface area contributed by atoms with Crippen LogP contribution in [0.15, 0.2) is 24.3 Å². The normalized spacial score (nSPS) is 10.5. The van der Waals surface area contributed by atoms with Crippen molar-refractivity contribution in [3.8, 4) is 0 Å². The lowest BCUT2D eigenvalue weighted by Crippen LogP contribution is -2.06. The summed E-state index contributed by atoms with van der Waals surface area (Å²) >= 11 is 12.2. The highest BCUT2D eigenvalue weighted by atomic mass is 35.5. The molecule has 0 unspecified atom stereocenters. The Hall–Kier alpha value is -1.52. The molecule has 2 rings (SSSR count). The molecule has 1 aromatic carbocycles. The van der Waals surface area contributed by atoms with Gasteiger partial charge >= 0.3 is 0 Å². The van der Waals surface area contributed by atoms with Crippen LogP contribution in [0.25, 0.3) is 0 Å². The van der Waals surface area contributed by atoms with Crippen molar-refractivity contribution in [2.24, 2.45) is 0 Å². The van der Waals surface area contributed by atoms with E-state index in [4.69, 9.17) is 23.2 Å². The summed E-state index contributed by atoms with van der Waals surface area (Å²) in [5.41, 5.74) is 0.726. The number of anilines is 3. The second-order valence-corrected chi connectivity index (χ2v) is 5.91. The van der Waals surface area contributed by atoms with Crippen molar-refractivity contribution in [3.05, 3.63) is 40.1 Å². The second kappa shape index (κ2) is 8.20. The van der Waals surface area contributed by atoms with E-state index in [0.717, 1.165) is 24.5 Å². The highest BCUT2D eigenvalue weighted by Crippen LogP contribution is 2.28. The second-order valence-electron chi connectivity index (χ2n) is 5.07. The molecule has 22 heavy (non-hydrogen) atoms. The molecule has 0 aliphatic carbocycles. The van der Waals surface area contributed by atoms with E-state index in [9.17, 15) is 0 Å². The van der Waals surface area contributed by atoms with Gasteiger partial charge in [-0.05, 0) is 31.5 Å². The number of aryl methyl sites for hydroxylation is 1. The molecule has 118 valence electrons. The van der Waals surface area contributed by atoms with Gasteiger partial charge in [-0.3, -0.25) is 0 Å². The molecule has 6 heteroatoms. The van der Waals surface area contributed by atoms with E-state index in [0.29, 0.717) is 21.7 Å². The minimum atomic E-state index is 0.595. The van der Waals surface area contributed by atoms with Crippen LogP contribution >= 0.6 is 23.2 Å². The molecule has 0 atom stereocenters. The fraction of sp³-hybridized carbons (Fsp3) is 0.375. The van der Waals surface area contributed by atoms with Crippen molar-refractivity contribution >= 4 is 40.5 Å². The van der Waals surface area contributed by atoms with Gasteiger partial charge < -0.3 is 10.6 Å². The van der Waals surface area contributed by atoms with Crippen LogP contribution in [-0.2, 0) is 0 Å². The summed E-state index contributed by atoms with van der Waals surface area (Å²) in [6.07, 6.45) is 3.54. The SMILES string of the molecule is CCCCCNc1cc(Nc2cc(Cl)ccc2Cl)nc(C)n1. The molecule has 1 aromatic heterocycles. The minimum absolute atomic E-state index is 0.595. The molecule has 0 fully saturated rings. The average Bonchev–Trinajstić information content (AvgIpc) is 2.47. The summed E-state index contributed by atoms with van der Waals surface area (Å²) in [5, 5.41) is 7.73. The van der Waals surface area contributed by atoms with Gasteiger partial charge in [0.15, 0.2) is 0 Å². The lowest BCUT2D eigenvalue weighted by Gasteiger charge is -2.11. The maximum Gasteiger partial charge on any atom is 0.136 e. The number of halogens is 2. The van der Waals surface area contributed by atoms with Crippen molar-refractivity contribution in [1.29, 1.82) is 0 Å². The van der Waals surface area contributed by atoms with Gasteiger partial charge in [-0.15, -0.1) is 0 Å². The Bertz CT molecular complexity index is 632. The molecule has 0 saturated heterocycles. The first kappa shape index (κ1) is 16.8. The van der Waals surface area contributed by atoms with Crippen LogP contribution in [0.4, 0.5) is 17.3 Å². The largest absolute Gasteiger partial charge is 0.370 e. The Morgan fingerprint density at radius 1 is 1.05 bits per heavy atom. The molecule has 0 amide bonds. The quantitative estimate of drug-likeness (QED) is 0.660. The summed E-state index contributed by atoms with van der Waals surface area (Å²) in [6, 6.07) is 7.15. The smallest absolute Gasteiger partial charge is 0.136 e. The summed E-state index contributed by atoms with van der Waals surface area (Å²) in [4.78, 5) is 8.77. The number of unbranched alkanes of at least 4 members (excludes halogenated alkanes) is 2. The first-order valence-corrected chi connectivity index (χ1v) is 8.15. The highest BCUT2D eigenvalue weighted by Gasteiger charge is 2.06. The van der Waals surface area contributed by atoms with Crippen molar-refractivity contribution in [1.82, 2.24) is 9.97 Å². The molecular weight excluding hydrogens is 319 g/mol. The average molecular weight is 339 g/mol. The van der Waals surface area contributed by atoms with E-state index < -0.39 is 0 Å². The van der Waals surface area contributed by atoms with E-state index in [1.165, 1.54) is 12.8 Å². The lowest BCUT2D eigenvalue weighted by atomic mass is 10.2. The summed E-state index contributed by atoms with van der Waals surface area (Å²) in [6.45, 7) is 4.95. The van der Waals surface area contributed by atoms with Crippen molar-refractivity contribution in [2.45, 2.75) is 33.1 Å². The minimum Gasteiger partial charge on any atom is -0.370 e. The van der Waals surface area contributed by atoms with Gasteiger partial charge in [0.2, 0.25) is 0 Å². The zero-order valence-corrected chi connectivity index (χ0v) is 14.3. The fourth-order valence-corrected chi connectivity index (χ4v) is 2.38. The molecule has 2 N–H and O–H groups in total. The van der Waals surface area contributed by atoms with Gasteiger partial charge in [0.1, 0.15) is 17.5 Å². The standard InChI is InChI=1S/C16H20Cl2N4/c1-3-4-5-8-19-15-10-16(21-11(2)20-15)22-14-9-12(17)6-7-13(14)18/h6-7,9-10H,3-5,8H2,1-2H3,(H2,19,20,21,22). The third-order valence-electron chi connectivity index (χ3n) is 3.12. The maximum absolute atomic E-state index is 6.16. The monoisotopic (exact) mass is 338 g/mol. The van der Waals surface area contributed by atoms with E-state index in [-0.39, 0.29) is 0 Å². The molecule has 0 bridgehead atoms. The van der Waals surface area contributed by atoms with Crippen LogP contribution in [0.5, 0.6) is 0 Å². The van der Waals surface area contributed by atoms with Crippen LogP contribution in [-0.4, -0.2) is 16.5 Å². The van der Waals surface area contributed by atoms with Crippen LogP contribution in [0.3, 0.4) is 0 Å². The van der Waals surface area contributed by atoms with Crippen LogP contribution < -0.4 is 10.6 Å². The van der Waals surface area contributed by atoms with Gasteiger partial charge in [-0.2, -0.15) is 0 Å². The predicted octanol–water partition coefficient (Wildman–Crippen LogP) is 5.44. The van der Waals surface area contributed by atoms with Crippen molar-refractivity contribution in [2.75, 3.05) is 17.2 Å². The third-order valence-corrected chi connectivity index (χ3v) is 3.68. The number of hydrogen-bond acceptors (Lipinski definition) is 4. The van der Waals surface area contributed by atoms with E-state index in [1.807, 2.05) is 13.0 Å². The topological polar surface area (TPSA) is 49.8 Å². The molecular formula is C16H20Cl2N4. The summed E-state index contributed by atoms with van der Waals surface area (Å²) < 4.78 is 0. The zero-order valence-electron chi connectivity index (χ0n) is 12.8. The summed E-state index contributed by atoms with van der Waals surface area (Å²) in [7, 11) is 0. The molecule has 1 heterocycles. The number of nitrogens with zero attached hydrogens (tertiary/aromatic N) is 2. The Morgan fingerprint density at radius 2 is 1.82 bits per heavy atom. The Kier molecular flexibility index (Phi) is 6.28. The number of hydrogen-bond donors (Lipinski definition) is 2. The van der Waals surface area contributed by atoms with Gasteiger partial charge in [-0.25, -0.2) is 9.97 Å². The van der Waals surface area contributed by atoms with Gasteiger partial charge in [0.25, 0.3) is 0 Å². The third kappa shape index (κ3) is 5.04. The zero-order chi connectivity index (χ0) is 15.9. The molecule has 0 aliphatic heterocycles. The molecule has 0 saturated carbocycles. The Labute approximate surface area is 141 Å². The fourth-order valence-electron chi connectivity index (χ4n) is 2.05. The Balaban J connectivity index is 2.10. The molecule has 2 aromatic rings. The summed E-state index contributed by atoms with van der Waals surface area (Å²) in [5.74, 6) is 2.19. The van der Waals surface area contributed by atoms with Crippen LogP contribution in [0.1, 0.15) is 32.0 Å². The lowest BCUT2D eigenvalue weighted by molar-refractivity contribution is 0.742. The van der Waals surface area contributed by atoms with Crippen LogP contribution in [0.2, 0.25) is 10.0 Å². The predicted molar refractivity (Wildman–Crippen MR) is 94.5 cm³/mol. The Morgan fingerprint density at radius 3 is 2.59 bits per heavy atom. The van der Waals surface area contributed by atoms with E-state index in [2.05, 4.69) is 27.5 Å². The number of rotatable bonds is 7. The van der Waals surface area contributed by atoms with Crippen molar-refractivity contribution < 1.29 is 0 Å².